The molecule has 0 amide bonds. The normalized spacial score (nSPS) is 20.9. The average molecular weight is 310 g/mol. The maximum atomic E-state index is 5.82. The molecule has 1 saturated carbocycles. The van der Waals surface area contributed by atoms with Gasteiger partial charge in [-0.3, -0.25) is 0 Å². The van der Waals surface area contributed by atoms with Crippen molar-refractivity contribution >= 4 is 29.6 Å². The Kier molecular flexibility index (Phi) is 4.34. The molecule has 1 aromatic rings. The summed E-state index contributed by atoms with van der Waals surface area (Å²) in [5, 5.41) is 3.34. The van der Waals surface area contributed by atoms with Crippen LogP contribution in [-0.4, -0.2) is 58.8 Å². The zero-order valence-electron chi connectivity index (χ0n) is 12.3. The predicted octanol–water partition coefficient (Wildman–Crippen LogP) is 0.988. The summed E-state index contributed by atoms with van der Waals surface area (Å²) in [5.41, 5.74) is 5.82. The van der Waals surface area contributed by atoms with Crippen LogP contribution in [0.25, 0.3) is 0 Å². The summed E-state index contributed by atoms with van der Waals surface area (Å²) in [5.74, 6) is 1.48. The second kappa shape index (κ2) is 6.23. The summed E-state index contributed by atoms with van der Waals surface area (Å²) in [6.07, 6.45) is 5.97. The van der Waals surface area contributed by atoms with Gasteiger partial charge in [-0.05, 0) is 19.1 Å². The number of nitrogens with zero attached hydrogens (tertiary/aromatic N) is 4. The molecule has 0 radical (unpaired) electrons. The first-order valence-corrected chi connectivity index (χ1v) is 8.57. The summed E-state index contributed by atoms with van der Waals surface area (Å²) < 4.78 is 5.68. The standard InChI is InChI=1S/C13H22N6OS/c1-21-13(3-2-4-13)9-15-11-16-10(14)17-12(18-11)19-5-7-20-8-6-19/h2-9H2,1H3,(H3,14,15,16,17,18). The largest absolute Gasteiger partial charge is 0.378 e. The van der Waals surface area contributed by atoms with E-state index >= 15 is 0 Å². The summed E-state index contributed by atoms with van der Waals surface area (Å²) in [6, 6.07) is 0. The Balaban J connectivity index is 1.68. The maximum Gasteiger partial charge on any atom is 0.232 e. The molecule has 2 heterocycles. The first kappa shape index (κ1) is 14.6. The molecule has 21 heavy (non-hydrogen) atoms. The molecule has 0 spiro atoms. The minimum Gasteiger partial charge on any atom is -0.378 e. The summed E-state index contributed by atoms with van der Waals surface area (Å²) in [6.45, 7) is 3.85. The molecular weight excluding hydrogens is 288 g/mol. The van der Waals surface area contributed by atoms with Gasteiger partial charge in [-0.2, -0.15) is 26.7 Å². The van der Waals surface area contributed by atoms with Crippen LogP contribution in [0.3, 0.4) is 0 Å². The van der Waals surface area contributed by atoms with E-state index in [9.17, 15) is 0 Å². The number of anilines is 3. The van der Waals surface area contributed by atoms with E-state index in [1.54, 1.807) is 0 Å². The fourth-order valence-corrected chi connectivity index (χ4v) is 3.54. The van der Waals surface area contributed by atoms with Gasteiger partial charge in [0.15, 0.2) is 0 Å². The van der Waals surface area contributed by atoms with E-state index in [2.05, 4.69) is 31.4 Å². The van der Waals surface area contributed by atoms with Crippen LogP contribution >= 0.6 is 11.8 Å². The van der Waals surface area contributed by atoms with E-state index in [1.807, 2.05) is 11.8 Å². The molecule has 2 aliphatic rings. The van der Waals surface area contributed by atoms with Gasteiger partial charge in [-0.15, -0.1) is 0 Å². The third kappa shape index (κ3) is 3.32. The quantitative estimate of drug-likeness (QED) is 0.832. The lowest BCUT2D eigenvalue weighted by Gasteiger charge is -2.40. The molecule has 1 aliphatic carbocycles. The van der Waals surface area contributed by atoms with Gasteiger partial charge in [0, 0.05) is 24.4 Å². The molecule has 116 valence electrons. The average Bonchev–Trinajstić information content (AvgIpc) is 2.47. The van der Waals surface area contributed by atoms with Gasteiger partial charge in [0.05, 0.1) is 13.2 Å². The molecule has 1 aliphatic heterocycles. The number of hydrogen-bond acceptors (Lipinski definition) is 8. The Morgan fingerprint density at radius 1 is 1.29 bits per heavy atom. The number of nitrogen functional groups attached to an aromatic ring is 1. The van der Waals surface area contributed by atoms with Crippen LogP contribution in [-0.2, 0) is 4.74 Å². The number of morpholine rings is 1. The van der Waals surface area contributed by atoms with E-state index in [1.165, 1.54) is 19.3 Å². The Bertz CT molecular complexity index is 484. The van der Waals surface area contributed by atoms with Crippen molar-refractivity contribution < 1.29 is 4.74 Å². The Labute approximate surface area is 129 Å². The van der Waals surface area contributed by atoms with Crippen LogP contribution in [0.15, 0.2) is 0 Å². The Hall–Kier alpha value is -1.28. The van der Waals surface area contributed by atoms with Crippen LogP contribution in [0.4, 0.5) is 17.8 Å². The number of nitrogens with two attached hydrogens (primary N) is 1. The van der Waals surface area contributed by atoms with Crippen molar-refractivity contribution in [2.45, 2.75) is 24.0 Å². The van der Waals surface area contributed by atoms with Gasteiger partial charge in [0.25, 0.3) is 0 Å². The third-order valence-electron chi connectivity index (χ3n) is 4.20. The van der Waals surface area contributed by atoms with Crippen molar-refractivity contribution in [3.63, 3.8) is 0 Å². The highest BCUT2D eigenvalue weighted by atomic mass is 32.2. The van der Waals surface area contributed by atoms with Gasteiger partial charge >= 0.3 is 0 Å². The highest BCUT2D eigenvalue weighted by Crippen LogP contribution is 2.42. The lowest BCUT2D eigenvalue weighted by molar-refractivity contribution is 0.122. The smallest absolute Gasteiger partial charge is 0.232 e. The fraction of sp³-hybridized carbons (Fsp3) is 0.769. The number of rotatable bonds is 5. The zero-order chi connectivity index (χ0) is 14.7. The van der Waals surface area contributed by atoms with Crippen LogP contribution in [0, 0.1) is 0 Å². The molecule has 7 nitrogen and oxygen atoms in total. The molecule has 0 bridgehead atoms. The molecule has 0 aromatic carbocycles. The van der Waals surface area contributed by atoms with Crippen molar-refractivity contribution in [2.24, 2.45) is 0 Å². The first-order valence-electron chi connectivity index (χ1n) is 7.34. The van der Waals surface area contributed by atoms with Gasteiger partial charge < -0.3 is 20.7 Å². The van der Waals surface area contributed by atoms with Crippen molar-refractivity contribution in [1.29, 1.82) is 0 Å². The molecule has 3 rings (SSSR count). The van der Waals surface area contributed by atoms with E-state index in [-0.39, 0.29) is 5.95 Å². The van der Waals surface area contributed by atoms with Crippen molar-refractivity contribution in [2.75, 3.05) is 55.1 Å². The topological polar surface area (TPSA) is 89.2 Å². The van der Waals surface area contributed by atoms with Crippen LogP contribution in [0.1, 0.15) is 19.3 Å². The lowest BCUT2D eigenvalue weighted by Crippen LogP contribution is -2.41. The highest BCUT2D eigenvalue weighted by Gasteiger charge is 2.36. The van der Waals surface area contributed by atoms with Crippen LogP contribution < -0.4 is 16.0 Å². The van der Waals surface area contributed by atoms with E-state index < -0.39 is 0 Å². The Morgan fingerprint density at radius 2 is 2.05 bits per heavy atom. The highest BCUT2D eigenvalue weighted by molar-refractivity contribution is 8.00. The molecular formula is C13H22N6OS. The summed E-state index contributed by atoms with van der Waals surface area (Å²) in [4.78, 5) is 15.0. The van der Waals surface area contributed by atoms with E-state index in [0.29, 0.717) is 29.9 Å². The molecule has 1 saturated heterocycles. The SMILES string of the molecule is CSC1(CNc2nc(N)nc(N3CCOCC3)n2)CCC1. The van der Waals surface area contributed by atoms with Crippen molar-refractivity contribution in [3.8, 4) is 0 Å². The van der Waals surface area contributed by atoms with Crippen molar-refractivity contribution in [3.05, 3.63) is 0 Å². The summed E-state index contributed by atoms with van der Waals surface area (Å²) in [7, 11) is 0. The minimum absolute atomic E-state index is 0.265. The number of hydrogen-bond donors (Lipinski definition) is 2. The second-order valence-electron chi connectivity index (χ2n) is 5.51. The maximum absolute atomic E-state index is 5.82. The van der Waals surface area contributed by atoms with Gasteiger partial charge in [-0.1, -0.05) is 6.42 Å². The zero-order valence-corrected chi connectivity index (χ0v) is 13.2. The number of ether oxygens (including phenoxy) is 1. The first-order chi connectivity index (χ1) is 10.2. The molecule has 0 atom stereocenters. The van der Waals surface area contributed by atoms with E-state index in [0.717, 1.165) is 19.6 Å². The van der Waals surface area contributed by atoms with Crippen LogP contribution in [0.5, 0.6) is 0 Å². The third-order valence-corrected chi connectivity index (χ3v) is 5.62. The monoisotopic (exact) mass is 310 g/mol. The second-order valence-corrected chi connectivity index (χ2v) is 6.79. The summed E-state index contributed by atoms with van der Waals surface area (Å²) >= 11 is 1.92. The number of thioether (sulfide) groups is 1. The number of nitrogens with one attached hydrogen (secondary N) is 1. The minimum atomic E-state index is 0.265. The van der Waals surface area contributed by atoms with Gasteiger partial charge in [0.1, 0.15) is 0 Å². The van der Waals surface area contributed by atoms with Gasteiger partial charge in [-0.25, -0.2) is 0 Å². The lowest BCUT2D eigenvalue weighted by atomic mass is 9.84. The molecule has 1 aromatic heterocycles. The van der Waals surface area contributed by atoms with E-state index in [4.69, 9.17) is 10.5 Å². The van der Waals surface area contributed by atoms with Crippen LogP contribution in [0.2, 0.25) is 0 Å². The number of aromatic nitrogens is 3. The fourth-order valence-electron chi connectivity index (χ4n) is 2.63. The molecule has 2 fully saturated rings. The van der Waals surface area contributed by atoms with Gasteiger partial charge in [0.2, 0.25) is 17.8 Å². The molecule has 8 heteroatoms. The van der Waals surface area contributed by atoms with Crippen molar-refractivity contribution in [1.82, 2.24) is 15.0 Å². The predicted molar refractivity (Wildman–Crippen MR) is 85.9 cm³/mol. The molecule has 0 unspecified atom stereocenters. The molecule has 3 N–H and O–H groups in total. The Morgan fingerprint density at radius 3 is 2.67 bits per heavy atom.